The molecule has 1 aliphatic rings. The second-order valence-electron chi connectivity index (χ2n) is 5.92. The lowest BCUT2D eigenvalue weighted by Crippen LogP contribution is -2.17. The van der Waals surface area contributed by atoms with Crippen LogP contribution in [-0.2, 0) is 4.79 Å². The molecule has 1 saturated carbocycles. The van der Waals surface area contributed by atoms with Gasteiger partial charge >= 0.3 is 5.97 Å². The molecular formula is C17H9Cl4F2NO3. The maximum Gasteiger partial charge on any atom is 0.338 e. The van der Waals surface area contributed by atoms with Gasteiger partial charge in [0.15, 0.2) is 5.82 Å². The van der Waals surface area contributed by atoms with Crippen molar-refractivity contribution in [1.82, 2.24) is 0 Å². The molecule has 2 atom stereocenters. The molecule has 4 nitrogen and oxygen atoms in total. The lowest BCUT2D eigenvalue weighted by atomic mass is 10.1. The Kier molecular flexibility index (Phi) is 5.29. The molecule has 10 heteroatoms. The molecule has 2 aromatic rings. The lowest BCUT2D eigenvalue weighted by Gasteiger charge is -2.08. The number of aromatic carboxylic acids is 1. The number of benzene rings is 2. The molecule has 1 aliphatic carbocycles. The van der Waals surface area contributed by atoms with E-state index in [-0.39, 0.29) is 10.7 Å². The third-order valence-electron chi connectivity index (χ3n) is 4.16. The van der Waals surface area contributed by atoms with E-state index in [9.17, 15) is 18.4 Å². The number of anilines is 1. The van der Waals surface area contributed by atoms with E-state index in [0.717, 1.165) is 18.2 Å². The number of hydrogen-bond donors (Lipinski definition) is 2. The summed E-state index contributed by atoms with van der Waals surface area (Å²) < 4.78 is 25.6. The Hall–Kier alpha value is -1.60. The van der Waals surface area contributed by atoms with Crippen LogP contribution >= 0.6 is 46.4 Å². The number of nitrogens with one attached hydrogen (secondary N) is 1. The predicted octanol–water partition coefficient (Wildman–Crippen LogP) is 5.50. The van der Waals surface area contributed by atoms with Crippen LogP contribution in [0.3, 0.4) is 0 Å². The maximum absolute atomic E-state index is 13.7. The van der Waals surface area contributed by atoms with Crippen LogP contribution in [0.25, 0.3) is 0 Å². The third kappa shape index (κ3) is 3.72. The molecule has 0 bridgehead atoms. The first-order valence-corrected chi connectivity index (χ1v) is 8.91. The zero-order valence-corrected chi connectivity index (χ0v) is 16.1. The number of carboxylic acid groups (broad SMARTS) is 1. The Morgan fingerprint density at radius 3 is 2.33 bits per heavy atom. The van der Waals surface area contributed by atoms with Gasteiger partial charge in [-0.1, -0.05) is 29.3 Å². The summed E-state index contributed by atoms with van der Waals surface area (Å²) in [6.07, 6.45) is 0. The van der Waals surface area contributed by atoms with Gasteiger partial charge < -0.3 is 10.4 Å². The zero-order valence-electron chi connectivity index (χ0n) is 13.1. The molecule has 1 amide bonds. The van der Waals surface area contributed by atoms with Crippen molar-refractivity contribution in [2.24, 2.45) is 5.92 Å². The highest BCUT2D eigenvalue weighted by molar-refractivity contribution is 6.53. The van der Waals surface area contributed by atoms with Crippen LogP contribution in [0.4, 0.5) is 14.5 Å². The average Bonchev–Trinajstić information content (AvgIpc) is 3.15. The van der Waals surface area contributed by atoms with Crippen LogP contribution in [0.5, 0.6) is 0 Å². The molecule has 142 valence electrons. The molecule has 2 aromatic carbocycles. The first kappa shape index (κ1) is 20.1. The van der Waals surface area contributed by atoms with Gasteiger partial charge in [0, 0.05) is 11.6 Å². The Labute approximate surface area is 172 Å². The fourth-order valence-corrected chi connectivity index (χ4v) is 4.05. The standard InChI is InChI=1S/C17H9Cl4F2NO3/c18-9-3-6(1-2-11(9)22)12-13(17(12,20)21)15(25)24-7-4-8(16(26)27)14(23)10(19)5-7/h1-5,12-13H,(H,24,25)(H,26,27)/t12-,13+/m0/s1. The van der Waals surface area contributed by atoms with E-state index in [1.54, 1.807) is 0 Å². The van der Waals surface area contributed by atoms with Crippen molar-refractivity contribution in [2.75, 3.05) is 5.32 Å². The van der Waals surface area contributed by atoms with E-state index >= 15 is 0 Å². The van der Waals surface area contributed by atoms with E-state index in [1.807, 2.05) is 0 Å². The van der Waals surface area contributed by atoms with Crippen LogP contribution in [0.2, 0.25) is 10.0 Å². The second-order valence-corrected chi connectivity index (χ2v) is 8.18. The predicted molar refractivity (Wildman–Crippen MR) is 99.1 cm³/mol. The molecule has 1 fully saturated rings. The summed E-state index contributed by atoms with van der Waals surface area (Å²) in [6, 6.07) is 5.87. The summed E-state index contributed by atoms with van der Waals surface area (Å²) in [6.45, 7) is 0. The van der Waals surface area contributed by atoms with E-state index in [2.05, 4.69) is 5.32 Å². The minimum absolute atomic E-state index is 0.0317. The smallest absolute Gasteiger partial charge is 0.338 e. The van der Waals surface area contributed by atoms with Gasteiger partial charge in [-0.3, -0.25) is 4.79 Å². The van der Waals surface area contributed by atoms with E-state index in [0.29, 0.717) is 5.56 Å². The largest absolute Gasteiger partial charge is 0.478 e. The van der Waals surface area contributed by atoms with Gasteiger partial charge in [-0.15, -0.1) is 23.2 Å². The summed E-state index contributed by atoms with van der Waals surface area (Å²) in [7, 11) is 0. The van der Waals surface area contributed by atoms with Crippen molar-refractivity contribution in [3.8, 4) is 0 Å². The SMILES string of the molecule is O=C(O)c1cc(NC(=O)[C@H]2[C@H](c3ccc(F)c(Cl)c3)C2(Cl)Cl)cc(Cl)c1F. The normalized spacial score (nSPS) is 20.2. The minimum atomic E-state index is -1.54. The molecular weight excluding hydrogens is 446 g/mol. The number of hydrogen-bond acceptors (Lipinski definition) is 2. The van der Waals surface area contributed by atoms with Gasteiger partial charge in [0.05, 0.1) is 21.5 Å². The van der Waals surface area contributed by atoms with Crippen molar-refractivity contribution < 1.29 is 23.5 Å². The molecule has 27 heavy (non-hydrogen) atoms. The van der Waals surface area contributed by atoms with E-state index in [4.69, 9.17) is 51.5 Å². The molecule has 0 radical (unpaired) electrons. The van der Waals surface area contributed by atoms with Crippen LogP contribution in [-0.4, -0.2) is 21.3 Å². The minimum Gasteiger partial charge on any atom is -0.478 e. The molecule has 0 heterocycles. The molecule has 0 aromatic heterocycles. The van der Waals surface area contributed by atoms with Gasteiger partial charge in [0.1, 0.15) is 10.2 Å². The van der Waals surface area contributed by atoms with Crippen molar-refractivity contribution >= 4 is 64.0 Å². The second kappa shape index (κ2) is 7.09. The van der Waals surface area contributed by atoms with E-state index < -0.39 is 50.3 Å². The number of carboxylic acids is 1. The highest BCUT2D eigenvalue weighted by Gasteiger charge is 2.67. The van der Waals surface area contributed by atoms with Crippen LogP contribution in [0, 0.1) is 17.6 Å². The lowest BCUT2D eigenvalue weighted by molar-refractivity contribution is -0.117. The molecule has 3 rings (SSSR count). The topological polar surface area (TPSA) is 66.4 Å². The van der Waals surface area contributed by atoms with Crippen LogP contribution in [0.1, 0.15) is 21.8 Å². The monoisotopic (exact) mass is 453 g/mol. The number of rotatable bonds is 4. The number of amides is 1. The summed E-state index contributed by atoms with van der Waals surface area (Å²) in [5.41, 5.74) is -0.260. The number of alkyl halides is 2. The fraction of sp³-hybridized carbons (Fsp3) is 0.176. The van der Waals surface area contributed by atoms with Crippen molar-refractivity contribution in [3.05, 3.63) is 63.1 Å². The van der Waals surface area contributed by atoms with Gasteiger partial charge in [0.2, 0.25) is 5.91 Å². The zero-order chi connectivity index (χ0) is 20.1. The quantitative estimate of drug-likeness (QED) is 0.599. The Balaban J connectivity index is 1.84. The first-order valence-electron chi connectivity index (χ1n) is 7.40. The fourth-order valence-electron chi connectivity index (χ4n) is 2.81. The highest BCUT2D eigenvalue weighted by Crippen LogP contribution is 2.65. The maximum atomic E-state index is 13.7. The highest BCUT2D eigenvalue weighted by atomic mass is 35.5. The number of halogens is 6. The van der Waals surface area contributed by atoms with Crippen molar-refractivity contribution in [1.29, 1.82) is 0 Å². The third-order valence-corrected chi connectivity index (χ3v) is 5.67. The summed E-state index contributed by atoms with van der Waals surface area (Å²) in [5, 5.41) is 10.8. The number of carbonyl (C=O) groups excluding carboxylic acids is 1. The molecule has 2 N–H and O–H groups in total. The average molecular weight is 455 g/mol. The van der Waals surface area contributed by atoms with Crippen molar-refractivity contribution in [2.45, 2.75) is 10.3 Å². The molecule has 0 unspecified atom stereocenters. The molecule has 0 saturated heterocycles. The molecule has 0 aliphatic heterocycles. The molecule has 0 spiro atoms. The van der Waals surface area contributed by atoms with Gasteiger partial charge in [0.25, 0.3) is 0 Å². The van der Waals surface area contributed by atoms with Gasteiger partial charge in [-0.25, -0.2) is 13.6 Å². The summed E-state index contributed by atoms with van der Waals surface area (Å²) in [5.74, 6) is -5.49. The van der Waals surface area contributed by atoms with E-state index in [1.165, 1.54) is 12.1 Å². The number of carbonyl (C=O) groups is 2. The van der Waals surface area contributed by atoms with Crippen LogP contribution < -0.4 is 5.32 Å². The van der Waals surface area contributed by atoms with Crippen molar-refractivity contribution in [3.63, 3.8) is 0 Å². The van der Waals surface area contributed by atoms with Gasteiger partial charge in [-0.05, 0) is 29.8 Å². The Morgan fingerprint density at radius 1 is 1.07 bits per heavy atom. The Bertz CT molecular complexity index is 967. The first-order chi connectivity index (χ1) is 12.5. The van der Waals surface area contributed by atoms with Gasteiger partial charge in [-0.2, -0.15) is 0 Å². The summed E-state index contributed by atoms with van der Waals surface area (Å²) >= 11 is 23.8. The summed E-state index contributed by atoms with van der Waals surface area (Å²) in [4.78, 5) is 23.6. The Morgan fingerprint density at radius 2 is 1.74 bits per heavy atom. The van der Waals surface area contributed by atoms with Crippen LogP contribution in [0.15, 0.2) is 30.3 Å².